The number of hydrogen-bond acceptors (Lipinski definition) is 2. The lowest BCUT2D eigenvalue weighted by atomic mass is 9.94. The maximum Gasteiger partial charge on any atom is 0.417 e. The molecule has 0 atom stereocenters. The molecule has 106 valence electrons. The van der Waals surface area contributed by atoms with E-state index in [4.69, 9.17) is 0 Å². The predicted molar refractivity (Wildman–Crippen MR) is 65.2 cm³/mol. The van der Waals surface area contributed by atoms with Crippen LogP contribution in [0.5, 0.6) is 5.75 Å². The Labute approximate surface area is 109 Å². The van der Waals surface area contributed by atoms with E-state index >= 15 is 0 Å². The Morgan fingerprint density at radius 2 is 1.79 bits per heavy atom. The topological polar surface area (TPSA) is 40.5 Å². The molecule has 19 heavy (non-hydrogen) atoms. The summed E-state index contributed by atoms with van der Waals surface area (Å²) in [4.78, 5) is 12.9. The fourth-order valence-corrected chi connectivity index (χ4v) is 1.75. The molecule has 1 aromatic carbocycles. The zero-order valence-corrected chi connectivity index (χ0v) is 11.2. The molecule has 0 aliphatic rings. The monoisotopic (exact) mass is 275 g/mol. The van der Waals surface area contributed by atoms with Gasteiger partial charge in [-0.2, -0.15) is 13.2 Å². The SMILES string of the molecule is CC(C)c1ccc(C(F)(F)F)c(C(=O)N(C)C)c1O. The van der Waals surface area contributed by atoms with Gasteiger partial charge in [0.05, 0.1) is 11.1 Å². The molecular formula is C13H16F3NO2. The minimum atomic E-state index is -4.69. The summed E-state index contributed by atoms with van der Waals surface area (Å²) < 4.78 is 38.7. The van der Waals surface area contributed by atoms with Crippen molar-refractivity contribution in [3.8, 4) is 5.75 Å². The Balaban J connectivity index is 3.61. The highest BCUT2D eigenvalue weighted by Crippen LogP contribution is 2.39. The number of aromatic hydroxyl groups is 1. The van der Waals surface area contributed by atoms with E-state index in [0.717, 1.165) is 11.0 Å². The van der Waals surface area contributed by atoms with Crippen molar-refractivity contribution in [2.75, 3.05) is 14.1 Å². The van der Waals surface area contributed by atoms with E-state index in [1.54, 1.807) is 13.8 Å². The molecule has 1 N–H and O–H groups in total. The van der Waals surface area contributed by atoms with E-state index in [2.05, 4.69) is 0 Å². The third kappa shape index (κ3) is 3.00. The van der Waals surface area contributed by atoms with Gasteiger partial charge in [-0.05, 0) is 17.5 Å². The van der Waals surface area contributed by atoms with Crippen LogP contribution in [-0.4, -0.2) is 30.0 Å². The van der Waals surface area contributed by atoms with Crippen LogP contribution >= 0.6 is 0 Å². The average molecular weight is 275 g/mol. The molecule has 0 saturated carbocycles. The zero-order valence-electron chi connectivity index (χ0n) is 11.2. The van der Waals surface area contributed by atoms with E-state index in [0.29, 0.717) is 5.56 Å². The Morgan fingerprint density at radius 3 is 2.16 bits per heavy atom. The van der Waals surface area contributed by atoms with Gasteiger partial charge in [0, 0.05) is 14.1 Å². The summed E-state index contributed by atoms with van der Waals surface area (Å²) in [5.74, 6) is -1.65. The van der Waals surface area contributed by atoms with E-state index in [1.165, 1.54) is 20.2 Å². The third-order valence-electron chi connectivity index (χ3n) is 2.76. The van der Waals surface area contributed by atoms with Crippen molar-refractivity contribution in [3.05, 3.63) is 28.8 Å². The predicted octanol–water partition coefficient (Wildman–Crippen LogP) is 3.24. The maximum absolute atomic E-state index is 12.9. The first kappa shape index (κ1) is 15.3. The summed E-state index contributed by atoms with van der Waals surface area (Å²) >= 11 is 0. The Kier molecular flexibility index (Phi) is 4.12. The molecule has 0 spiro atoms. The highest BCUT2D eigenvalue weighted by Gasteiger charge is 2.38. The zero-order chi connectivity index (χ0) is 15.0. The molecule has 1 amide bonds. The molecule has 0 aliphatic carbocycles. The largest absolute Gasteiger partial charge is 0.507 e. The van der Waals surface area contributed by atoms with Crippen LogP contribution in [0.25, 0.3) is 0 Å². The highest BCUT2D eigenvalue weighted by atomic mass is 19.4. The normalized spacial score (nSPS) is 11.8. The van der Waals surface area contributed by atoms with Crippen LogP contribution in [0.15, 0.2) is 12.1 Å². The molecule has 3 nitrogen and oxygen atoms in total. The molecule has 6 heteroatoms. The van der Waals surface area contributed by atoms with Crippen LogP contribution in [-0.2, 0) is 6.18 Å². The lowest BCUT2D eigenvalue weighted by Crippen LogP contribution is -2.25. The van der Waals surface area contributed by atoms with Crippen LogP contribution in [0, 0.1) is 0 Å². The maximum atomic E-state index is 12.9. The number of phenolic OH excluding ortho intramolecular Hbond substituents is 1. The summed E-state index contributed by atoms with van der Waals surface area (Å²) in [6, 6.07) is 2.04. The number of halogens is 3. The molecule has 0 aliphatic heterocycles. The fourth-order valence-electron chi connectivity index (χ4n) is 1.75. The summed E-state index contributed by atoms with van der Waals surface area (Å²) in [5, 5.41) is 9.98. The van der Waals surface area contributed by atoms with Crippen LogP contribution in [0.3, 0.4) is 0 Å². The Morgan fingerprint density at radius 1 is 1.26 bits per heavy atom. The van der Waals surface area contributed by atoms with Crippen molar-refractivity contribution in [3.63, 3.8) is 0 Å². The first-order chi connectivity index (χ1) is 8.57. The number of alkyl halides is 3. The van der Waals surface area contributed by atoms with Crippen molar-refractivity contribution in [2.24, 2.45) is 0 Å². The fraction of sp³-hybridized carbons (Fsp3) is 0.462. The van der Waals surface area contributed by atoms with E-state index in [-0.39, 0.29) is 5.92 Å². The summed E-state index contributed by atoms with van der Waals surface area (Å²) in [7, 11) is 2.67. The smallest absolute Gasteiger partial charge is 0.417 e. The van der Waals surface area contributed by atoms with E-state index < -0.39 is 29.0 Å². The molecule has 0 radical (unpaired) electrons. The molecule has 1 aromatic rings. The Bertz CT molecular complexity index is 493. The number of benzene rings is 1. The quantitative estimate of drug-likeness (QED) is 0.900. The van der Waals surface area contributed by atoms with Crippen molar-refractivity contribution >= 4 is 5.91 Å². The van der Waals surface area contributed by atoms with Crippen LogP contribution < -0.4 is 0 Å². The number of amides is 1. The third-order valence-corrected chi connectivity index (χ3v) is 2.76. The molecule has 0 heterocycles. The van der Waals surface area contributed by atoms with Crippen LogP contribution in [0.4, 0.5) is 13.2 Å². The van der Waals surface area contributed by atoms with Gasteiger partial charge in [-0.1, -0.05) is 19.9 Å². The first-order valence-corrected chi connectivity index (χ1v) is 5.72. The molecule has 1 rings (SSSR count). The van der Waals surface area contributed by atoms with E-state index in [9.17, 15) is 23.1 Å². The van der Waals surface area contributed by atoms with Crippen molar-refractivity contribution in [1.82, 2.24) is 4.90 Å². The second-order valence-electron chi connectivity index (χ2n) is 4.78. The minimum Gasteiger partial charge on any atom is -0.507 e. The van der Waals surface area contributed by atoms with Gasteiger partial charge in [-0.15, -0.1) is 0 Å². The number of phenols is 1. The van der Waals surface area contributed by atoms with Gasteiger partial charge >= 0.3 is 6.18 Å². The number of hydrogen-bond donors (Lipinski definition) is 1. The average Bonchev–Trinajstić information content (AvgIpc) is 2.25. The van der Waals surface area contributed by atoms with Gasteiger partial charge in [-0.3, -0.25) is 4.79 Å². The van der Waals surface area contributed by atoms with Gasteiger partial charge in [0.2, 0.25) is 0 Å². The lowest BCUT2D eigenvalue weighted by Gasteiger charge is -2.20. The van der Waals surface area contributed by atoms with Gasteiger partial charge in [0.25, 0.3) is 5.91 Å². The first-order valence-electron chi connectivity index (χ1n) is 5.72. The number of nitrogens with zero attached hydrogens (tertiary/aromatic N) is 1. The second kappa shape index (κ2) is 5.11. The molecule has 0 aromatic heterocycles. The van der Waals surface area contributed by atoms with E-state index in [1.807, 2.05) is 0 Å². The van der Waals surface area contributed by atoms with Crippen molar-refractivity contribution < 1.29 is 23.1 Å². The number of carbonyl (C=O) groups is 1. The van der Waals surface area contributed by atoms with Crippen LogP contribution in [0.1, 0.15) is 41.3 Å². The minimum absolute atomic E-state index is 0.184. The van der Waals surface area contributed by atoms with Gasteiger partial charge in [0.15, 0.2) is 0 Å². The summed E-state index contributed by atoms with van der Waals surface area (Å²) in [6.07, 6.45) is -4.69. The number of rotatable bonds is 2. The van der Waals surface area contributed by atoms with Gasteiger partial charge in [0.1, 0.15) is 5.75 Å². The molecule has 0 unspecified atom stereocenters. The van der Waals surface area contributed by atoms with Gasteiger partial charge in [-0.25, -0.2) is 0 Å². The second-order valence-corrected chi connectivity index (χ2v) is 4.78. The van der Waals surface area contributed by atoms with Crippen molar-refractivity contribution in [1.29, 1.82) is 0 Å². The molecular weight excluding hydrogens is 259 g/mol. The highest BCUT2D eigenvalue weighted by molar-refractivity contribution is 5.98. The lowest BCUT2D eigenvalue weighted by molar-refractivity contribution is -0.138. The summed E-state index contributed by atoms with van der Waals surface area (Å²) in [5.41, 5.74) is -1.49. The van der Waals surface area contributed by atoms with Crippen LogP contribution in [0.2, 0.25) is 0 Å². The number of carbonyl (C=O) groups excluding carboxylic acids is 1. The molecule has 0 fully saturated rings. The Hall–Kier alpha value is -1.72. The standard InChI is InChI=1S/C13H16F3NO2/c1-7(2)8-5-6-9(13(14,15)16)10(11(8)18)12(19)17(3)4/h5-7,18H,1-4H3. The van der Waals surface area contributed by atoms with Gasteiger partial charge < -0.3 is 10.0 Å². The molecule has 0 saturated heterocycles. The molecule has 0 bridgehead atoms. The summed E-state index contributed by atoms with van der Waals surface area (Å²) in [6.45, 7) is 3.46. The van der Waals surface area contributed by atoms with Crippen molar-refractivity contribution in [2.45, 2.75) is 25.9 Å².